The number of carbonyl (C=O) groups excluding carboxylic acids is 1. The number of aromatic nitrogens is 1. The van der Waals surface area contributed by atoms with Crippen LogP contribution in [0.4, 0.5) is 4.79 Å². The summed E-state index contributed by atoms with van der Waals surface area (Å²) >= 11 is 1.59. The lowest BCUT2D eigenvalue weighted by Crippen LogP contribution is -2.60. The van der Waals surface area contributed by atoms with Gasteiger partial charge in [-0.05, 0) is 19.9 Å². The third-order valence-corrected chi connectivity index (χ3v) is 5.92. The van der Waals surface area contributed by atoms with Crippen LogP contribution in [-0.4, -0.2) is 39.9 Å². The molecule has 1 aromatic heterocycles. The van der Waals surface area contributed by atoms with Crippen LogP contribution in [0.25, 0.3) is 0 Å². The van der Waals surface area contributed by atoms with Crippen molar-refractivity contribution in [3.8, 4) is 0 Å². The predicted molar refractivity (Wildman–Crippen MR) is 84.4 cm³/mol. The summed E-state index contributed by atoms with van der Waals surface area (Å²) in [5.41, 5.74) is 0. The first-order chi connectivity index (χ1) is 10.4. The van der Waals surface area contributed by atoms with E-state index < -0.39 is 10.6 Å². The molecule has 0 aromatic carbocycles. The fourth-order valence-corrected chi connectivity index (χ4v) is 4.12. The molecule has 1 fully saturated rings. The third kappa shape index (κ3) is 3.03. The minimum absolute atomic E-state index is 0.134. The molecule has 0 aliphatic carbocycles. The molecular formula is C16H24N2O3S+2. The second kappa shape index (κ2) is 6.79. The van der Waals surface area contributed by atoms with E-state index in [0.717, 1.165) is 17.9 Å². The third-order valence-electron chi connectivity index (χ3n) is 4.53. The second-order valence-electron chi connectivity index (χ2n) is 6.07. The van der Waals surface area contributed by atoms with E-state index in [1.54, 1.807) is 11.8 Å². The number of likely N-dealkylation sites (tertiary alicyclic amines) is 1. The normalized spacial score (nSPS) is 25.9. The molecule has 1 aromatic rings. The molecule has 2 rings (SSSR count). The summed E-state index contributed by atoms with van der Waals surface area (Å²) in [5.74, 6) is 0.141. The number of carboxylic acid groups (broad SMARTS) is 1. The molecule has 120 valence electrons. The van der Waals surface area contributed by atoms with E-state index in [9.17, 15) is 14.7 Å². The molecule has 22 heavy (non-hydrogen) atoms. The number of nitrogens with zero attached hydrogens (tertiary/aromatic N) is 2. The SMILES string of the molecule is CC(CSc1cccc[n+]1C)C(=O)[N+]1(C(=O)O)CCC[C@H]1C. The van der Waals surface area contributed by atoms with Crippen LogP contribution < -0.4 is 4.57 Å². The van der Waals surface area contributed by atoms with Gasteiger partial charge in [-0.25, -0.2) is 4.79 Å². The van der Waals surface area contributed by atoms with Gasteiger partial charge in [-0.3, -0.25) is 0 Å². The number of quaternary nitrogens is 1. The molecule has 0 spiro atoms. The number of imide groups is 1. The van der Waals surface area contributed by atoms with Crippen LogP contribution in [-0.2, 0) is 11.8 Å². The average Bonchev–Trinajstić information content (AvgIpc) is 2.88. The van der Waals surface area contributed by atoms with Gasteiger partial charge in [0.25, 0.3) is 0 Å². The van der Waals surface area contributed by atoms with Gasteiger partial charge >= 0.3 is 12.0 Å². The fraction of sp³-hybridized carbons (Fsp3) is 0.562. The van der Waals surface area contributed by atoms with Crippen molar-refractivity contribution in [3.05, 3.63) is 24.4 Å². The topological polar surface area (TPSA) is 58.2 Å². The Labute approximate surface area is 135 Å². The molecule has 0 radical (unpaired) electrons. The zero-order valence-electron chi connectivity index (χ0n) is 13.4. The lowest BCUT2D eigenvalue weighted by molar-refractivity contribution is -0.793. The van der Waals surface area contributed by atoms with Gasteiger partial charge in [-0.15, -0.1) is 0 Å². The standard InChI is InChI=1S/C16H23N2O3S/c1-12(11-22-14-8-4-5-9-17(14)3)15(19)18(16(20)21)10-6-7-13(18)2/h4-5,8-9,12-13H,6-7,10-11H2,1-3H3/q+1/p+1/t12?,13-,18?/m1/s1. The highest BCUT2D eigenvalue weighted by Crippen LogP contribution is 2.31. The summed E-state index contributed by atoms with van der Waals surface area (Å²) < 4.78 is 1.60. The molecule has 5 nitrogen and oxygen atoms in total. The number of pyridine rings is 1. The molecule has 2 amide bonds. The maximum Gasteiger partial charge on any atom is 0.521 e. The monoisotopic (exact) mass is 324 g/mol. The van der Waals surface area contributed by atoms with Gasteiger partial charge < -0.3 is 5.11 Å². The quantitative estimate of drug-likeness (QED) is 0.525. The Kier molecular flexibility index (Phi) is 5.24. The van der Waals surface area contributed by atoms with Crippen molar-refractivity contribution in [2.24, 2.45) is 13.0 Å². The van der Waals surface area contributed by atoms with Crippen LogP contribution in [0, 0.1) is 5.92 Å². The molecule has 6 heteroatoms. The van der Waals surface area contributed by atoms with Crippen molar-refractivity contribution in [1.82, 2.24) is 0 Å². The summed E-state index contributed by atoms with van der Waals surface area (Å²) in [6, 6.07) is 5.78. The highest BCUT2D eigenvalue weighted by Gasteiger charge is 2.54. The van der Waals surface area contributed by atoms with Crippen LogP contribution in [0.3, 0.4) is 0 Å². The highest BCUT2D eigenvalue weighted by atomic mass is 32.2. The van der Waals surface area contributed by atoms with E-state index in [1.807, 2.05) is 49.9 Å². The van der Waals surface area contributed by atoms with E-state index in [-0.39, 0.29) is 17.9 Å². The summed E-state index contributed by atoms with van der Waals surface area (Å²) in [7, 11) is 1.96. The second-order valence-corrected chi connectivity index (χ2v) is 7.11. The Morgan fingerprint density at radius 3 is 2.77 bits per heavy atom. The Balaban J connectivity index is 2.08. The number of rotatable bonds is 4. The van der Waals surface area contributed by atoms with Crippen LogP contribution >= 0.6 is 11.8 Å². The van der Waals surface area contributed by atoms with Crippen molar-refractivity contribution in [1.29, 1.82) is 0 Å². The summed E-state index contributed by atoms with van der Waals surface area (Å²) in [4.78, 5) is 24.5. The molecule has 1 aliphatic rings. The van der Waals surface area contributed by atoms with Gasteiger partial charge in [0.2, 0.25) is 5.03 Å². The molecular weight excluding hydrogens is 300 g/mol. The van der Waals surface area contributed by atoms with Gasteiger partial charge in [-0.2, -0.15) is 13.8 Å². The lowest BCUT2D eigenvalue weighted by atomic mass is 10.1. The Morgan fingerprint density at radius 1 is 1.50 bits per heavy atom. The van der Waals surface area contributed by atoms with Gasteiger partial charge in [0, 0.05) is 30.7 Å². The van der Waals surface area contributed by atoms with Gasteiger partial charge in [0.05, 0.1) is 12.5 Å². The minimum atomic E-state index is -1.00. The number of amides is 2. The molecule has 2 unspecified atom stereocenters. The molecule has 2 heterocycles. The zero-order valence-corrected chi connectivity index (χ0v) is 14.2. The van der Waals surface area contributed by atoms with Crippen LogP contribution in [0.1, 0.15) is 26.7 Å². The van der Waals surface area contributed by atoms with Crippen LogP contribution in [0.2, 0.25) is 0 Å². The Hall–Kier alpha value is -1.40. The van der Waals surface area contributed by atoms with Crippen molar-refractivity contribution >= 4 is 23.8 Å². The fourth-order valence-electron chi connectivity index (χ4n) is 3.12. The first-order valence-electron chi connectivity index (χ1n) is 7.62. The van der Waals surface area contributed by atoms with Crippen molar-refractivity contribution in [3.63, 3.8) is 0 Å². The summed E-state index contributed by atoms with van der Waals surface area (Å²) in [6.07, 6.45) is 2.55. The van der Waals surface area contributed by atoms with E-state index in [2.05, 4.69) is 0 Å². The lowest BCUT2D eigenvalue weighted by Gasteiger charge is -2.31. The van der Waals surface area contributed by atoms with Gasteiger partial charge in [0.1, 0.15) is 13.1 Å². The average molecular weight is 324 g/mol. The molecule has 1 saturated heterocycles. The molecule has 1 N–H and O–H groups in total. The van der Waals surface area contributed by atoms with Crippen molar-refractivity contribution in [2.45, 2.75) is 37.8 Å². The van der Waals surface area contributed by atoms with Crippen molar-refractivity contribution < 1.29 is 23.7 Å². The largest absolute Gasteiger partial charge is 0.521 e. The number of hydrogen-bond donors (Lipinski definition) is 1. The highest BCUT2D eigenvalue weighted by molar-refractivity contribution is 7.99. The van der Waals surface area contributed by atoms with Gasteiger partial charge in [0.15, 0.2) is 6.20 Å². The predicted octanol–water partition coefficient (Wildman–Crippen LogP) is 2.44. The molecule has 0 saturated carbocycles. The smallest absolute Gasteiger partial charge is 0.435 e. The van der Waals surface area contributed by atoms with Gasteiger partial charge in [-0.1, -0.05) is 11.8 Å². The van der Waals surface area contributed by atoms with E-state index >= 15 is 0 Å². The van der Waals surface area contributed by atoms with Crippen LogP contribution in [0.5, 0.6) is 0 Å². The van der Waals surface area contributed by atoms with Crippen molar-refractivity contribution in [2.75, 3.05) is 12.3 Å². The first-order valence-corrected chi connectivity index (χ1v) is 8.61. The van der Waals surface area contributed by atoms with Crippen LogP contribution in [0.15, 0.2) is 29.4 Å². The molecule has 0 bridgehead atoms. The number of aryl methyl sites for hydroxylation is 1. The number of hydrogen-bond acceptors (Lipinski definition) is 3. The minimum Gasteiger partial charge on any atom is -0.435 e. The van der Waals surface area contributed by atoms with E-state index in [0.29, 0.717) is 12.3 Å². The molecule has 1 aliphatic heterocycles. The maximum atomic E-state index is 12.8. The van der Waals surface area contributed by atoms with E-state index in [4.69, 9.17) is 0 Å². The Bertz CT molecular complexity index is 578. The summed E-state index contributed by atoms with van der Waals surface area (Å²) in [6.45, 7) is 4.13. The summed E-state index contributed by atoms with van der Waals surface area (Å²) in [5, 5.41) is 10.7. The maximum absolute atomic E-state index is 12.8. The number of carbonyl (C=O) groups is 2. The Morgan fingerprint density at radius 2 is 2.23 bits per heavy atom. The van der Waals surface area contributed by atoms with E-state index in [1.165, 1.54) is 0 Å². The number of thioether (sulfide) groups is 1. The molecule has 3 atom stereocenters. The zero-order chi connectivity index (χ0) is 16.3. The first kappa shape index (κ1) is 17.0.